The first-order valence-electron chi connectivity index (χ1n) is 5.01. The Morgan fingerprint density at radius 1 is 1.50 bits per heavy atom. The normalized spacial score (nSPS) is 12.6. The molecule has 6 heteroatoms. The molecule has 1 rings (SSSR count). The number of nitrogens with zero attached hydrogens (tertiary/aromatic N) is 1. The summed E-state index contributed by atoms with van der Waals surface area (Å²) in [5.74, 6) is -0.757. The number of methoxy groups -OCH3 is 1. The molecule has 0 aliphatic carbocycles. The first kappa shape index (κ1) is 14.0. The lowest BCUT2D eigenvalue weighted by Gasteiger charge is -2.13. The van der Waals surface area contributed by atoms with Gasteiger partial charge < -0.3 is 9.53 Å². The van der Waals surface area contributed by atoms with E-state index >= 15 is 0 Å². The van der Waals surface area contributed by atoms with Crippen LogP contribution >= 0.6 is 0 Å². The maximum absolute atomic E-state index is 12.5. The zero-order chi connectivity index (χ0) is 13.8. The smallest absolute Gasteiger partial charge is 0.416 e. The quantitative estimate of drug-likeness (QED) is 0.779. The maximum atomic E-state index is 12.5. The predicted molar refractivity (Wildman–Crippen MR) is 56.9 cm³/mol. The van der Waals surface area contributed by atoms with Gasteiger partial charge in [0.25, 0.3) is 0 Å². The van der Waals surface area contributed by atoms with Crippen LogP contribution in [-0.4, -0.2) is 13.4 Å². The van der Waals surface area contributed by atoms with E-state index in [1.807, 2.05) is 0 Å². The average molecular weight is 257 g/mol. The molecular weight excluding hydrogens is 247 g/mol. The maximum Gasteiger partial charge on any atom is 0.416 e. The molecule has 0 aromatic heterocycles. The van der Waals surface area contributed by atoms with Crippen molar-refractivity contribution in [2.24, 2.45) is 5.92 Å². The van der Waals surface area contributed by atoms with Gasteiger partial charge in [0, 0.05) is 0 Å². The lowest BCUT2D eigenvalue weighted by molar-refractivity contribution is -0.137. The number of aldehydes is 1. The van der Waals surface area contributed by atoms with Crippen LogP contribution in [0.25, 0.3) is 0 Å². The highest BCUT2D eigenvalue weighted by molar-refractivity contribution is 5.59. The zero-order valence-corrected chi connectivity index (χ0v) is 9.49. The molecule has 96 valence electrons. The Labute approximate surface area is 102 Å². The van der Waals surface area contributed by atoms with E-state index in [0.717, 1.165) is 12.1 Å². The number of benzene rings is 1. The van der Waals surface area contributed by atoms with E-state index in [0.29, 0.717) is 6.29 Å². The van der Waals surface area contributed by atoms with E-state index in [-0.39, 0.29) is 17.7 Å². The number of carbonyl (C=O) groups is 1. The highest BCUT2D eigenvalue weighted by Gasteiger charge is 2.31. The van der Waals surface area contributed by atoms with Crippen molar-refractivity contribution in [1.29, 1.82) is 5.26 Å². The van der Waals surface area contributed by atoms with E-state index in [1.165, 1.54) is 13.2 Å². The molecule has 1 aromatic rings. The van der Waals surface area contributed by atoms with Gasteiger partial charge in [-0.1, -0.05) is 0 Å². The third-order valence-electron chi connectivity index (χ3n) is 2.38. The van der Waals surface area contributed by atoms with Crippen molar-refractivity contribution < 1.29 is 22.7 Å². The topological polar surface area (TPSA) is 50.1 Å². The highest BCUT2D eigenvalue weighted by Crippen LogP contribution is 2.33. The summed E-state index contributed by atoms with van der Waals surface area (Å²) >= 11 is 0. The molecule has 0 aliphatic rings. The molecule has 0 fully saturated rings. The van der Waals surface area contributed by atoms with Crippen LogP contribution in [0.5, 0.6) is 5.75 Å². The predicted octanol–water partition coefficient (Wildman–Crippen LogP) is 2.60. The third kappa shape index (κ3) is 3.23. The molecule has 0 amide bonds. The van der Waals surface area contributed by atoms with Crippen LogP contribution in [0.1, 0.15) is 11.1 Å². The summed E-state index contributed by atoms with van der Waals surface area (Å²) in [7, 11) is 1.31. The summed E-state index contributed by atoms with van der Waals surface area (Å²) in [4.78, 5) is 10.5. The van der Waals surface area contributed by atoms with Crippen molar-refractivity contribution in [2.45, 2.75) is 12.6 Å². The minimum atomic E-state index is -4.47. The molecule has 0 bridgehead atoms. The Morgan fingerprint density at radius 2 is 2.17 bits per heavy atom. The fraction of sp³-hybridized carbons (Fsp3) is 0.333. The summed E-state index contributed by atoms with van der Waals surface area (Å²) in [6, 6.07) is 4.67. The van der Waals surface area contributed by atoms with Gasteiger partial charge in [0.2, 0.25) is 0 Å². The van der Waals surface area contributed by atoms with Crippen molar-refractivity contribution in [3.8, 4) is 11.8 Å². The van der Waals surface area contributed by atoms with Gasteiger partial charge in [0.1, 0.15) is 18.0 Å². The van der Waals surface area contributed by atoms with Gasteiger partial charge in [-0.3, -0.25) is 0 Å². The largest absolute Gasteiger partial charge is 0.496 e. The van der Waals surface area contributed by atoms with Crippen LogP contribution in [0.3, 0.4) is 0 Å². The Bertz CT molecular complexity index is 477. The second-order valence-corrected chi connectivity index (χ2v) is 3.60. The Morgan fingerprint density at radius 3 is 2.61 bits per heavy atom. The Hall–Kier alpha value is -2.03. The molecule has 0 radical (unpaired) electrons. The summed E-state index contributed by atoms with van der Waals surface area (Å²) in [6.07, 6.45) is -4.17. The standard InChI is InChI=1S/C12H10F3NO2/c1-18-11-3-2-10(12(13,14)15)5-9(11)4-8(6-16)7-17/h2-3,5,7-8H,4H2,1H3. The lowest BCUT2D eigenvalue weighted by Crippen LogP contribution is -2.09. The van der Waals surface area contributed by atoms with Crippen molar-refractivity contribution in [2.75, 3.05) is 7.11 Å². The highest BCUT2D eigenvalue weighted by atomic mass is 19.4. The first-order chi connectivity index (χ1) is 8.42. The number of carbonyl (C=O) groups excluding carboxylic acids is 1. The molecule has 0 N–H and O–H groups in total. The minimum absolute atomic E-state index is 0.104. The fourth-order valence-corrected chi connectivity index (χ4v) is 1.48. The lowest BCUT2D eigenvalue weighted by atomic mass is 9.99. The molecule has 0 spiro atoms. The van der Waals surface area contributed by atoms with Crippen molar-refractivity contribution in [3.05, 3.63) is 29.3 Å². The van der Waals surface area contributed by atoms with Crippen LogP contribution in [0.15, 0.2) is 18.2 Å². The van der Waals surface area contributed by atoms with Gasteiger partial charge in [-0.25, -0.2) is 0 Å². The minimum Gasteiger partial charge on any atom is -0.496 e. The van der Waals surface area contributed by atoms with E-state index in [4.69, 9.17) is 10.00 Å². The SMILES string of the molecule is COc1ccc(C(F)(F)F)cc1CC(C#N)C=O. The molecular formula is C12H10F3NO2. The van der Waals surface area contributed by atoms with Crippen LogP contribution in [0.4, 0.5) is 13.2 Å². The van der Waals surface area contributed by atoms with E-state index < -0.39 is 17.7 Å². The van der Waals surface area contributed by atoms with Gasteiger partial charge in [0.05, 0.1) is 18.7 Å². The molecule has 3 nitrogen and oxygen atoms in total. The van der Waals surface area contributed by atoms with Gasteiger partial charge in [-0.05, 0) is 30.2 Å². The number of hydrogen-bond acceptors (Lipinski definition) is 3. The van der Waals surface area contributed by atoms with E-state index in [9.17, 15) is 18.0 Å². The number of halogens is 3. The van der Waals surface area contributed by atoms with E-state index in [1.54, 1.807) is 6.07 Å². The van der Waals surface area contributed by atoms with Crippen molar-refractivity contribution >= 4 is 6.29 Å². The summed E-state index contributed by atoms with van der Waals surface area (Å²) in [5.41, 5.74) is -0.646. The summed E-state index contributed by atoms with van der Waals surface area (Å²) < 4.78 is 42.5. The molecule has 0 saturated carbocycles. The van der Waals surface area contributed by atoms with Crippen LogP contribution in [0.2, 0.25) is 0 Å². The molecule has 1 aromatic carbocycles. The molecule has 1 atom stereocenters. The first-order valence-corrected chi connectivity index (χ1v) is 5.01. The van der Waals surface area contributed by atoms with Gasteiger partial charge >= 0.3 is 6.18 Å². The van der Waals surface area contributed by atoms with Gasteiger partial charge in [-0.2, -0.15) is 18.4 Å². The summed E-state index contributed by atoms with van der Waals surface area (Å²) in [6.45, 7) is 0. The van der Waals surface area contributed by atoms with Gasteiger partial charge in [0.15, 0.2) is 0 Å². The molecule has 0 saturated heterocycles. The molecule has 0 heterocycles. The Kier molecular flexibility index (Phi) is 4.32. The number of alkyl halides is 3. The average Bonchev–Trinajstić information content (AvgIpc) is 2.34. The number of rotatable bonds is 4. The summed E-state index contributed by atoms with van der Waals surface area (Å²) in [5, 5.41) is 8.64. The van der Waals surface area contributed by atoms with Crippen molar-refractivity contribution in [1.82, 2.24) is 0 Å². The van der Waals surface area contributed by atoms with Crippen LogP contribution in [0, 0.1) is 17.2 Å². The molecule has 18 heavy (non-hydrogen) atoms. The van der Waals surface area contributed by atoms with Crippen LogP contribution < -0.4 is 4.74 Å². The van der Waals surface area contributed by atoms with E-state index in [2.05, 4.69) is 0 Å². The number of ether oxygens (including phenoxy) is 1. The zero-order valence-electron chi connectivity index (χ0n) is 9.49. The number of nitriles is 1. The fourth-order valence-electron chi connectivity index (χ4n) is 1.48. The number of hydrogen-bond donors (Lipinski definition) is 0. The Balaban J connectivity index is 3.15. The monoisotopic (exact) mass is 257 g/mol. The van der Waals surface area contributed by atoms with Gasteiger partial charge in [-0.15, -0.1) is 0 Å². The second-order valence-electron chi connectivity index (χ2n) is 3.60. The third-order valence-corrected chi connectivity index (χ3v) is 2.38. The van der Waals surface area contributed by atoms with Crippen LogP contribution in [-0.2, 0) is 17.4 Å². The molecule has 0 aliphatic heterocycles. The van der Waals surface area contributed by atoms with Crippen molar-refractivity contribution in [3.63, 3.8) is 0 Å². The molecule has 1 unspecified atom stereocenters. The second kappa shape index (κ2) is 5.54.